The fraction of sp³-hybridized carbons (Fsp3) is 0.357. The number of aliphatic imine (C=N–C) groups is 1. The number of amides is 1. The zero-order valence-corrected chi connectivity index (χ0v) is 23.1. The maximum atomic E-state index is 15.5. The molecule has 1 aromatic heterocycles. The number of hydrogen-bond donors (Lipinski definition) is 1. The molecule has 39 heavy (non-hydrogen) atoms. The predicted octanol–water partition coefficient (Wildman–Crippen LogP) is 3.67. The van der Waals surface area contributed by atoms with Crippen LogP contribution in [0.3, 0.4) is 0 Å². The van der Waals surface area contributed by atoms with Crippen LogP contribution in [0.15, 0.2) is 52.0 Å². The highest BCUT2D eigenvalue weighted by molar-refractivity contribution is 7.90. The fourth-order valence-electron chi connectivity index (χ4n) is 4.58. The Balaban J connectivity index is 1.71. The summed E-state index contributed by atoms with van der Waals surface area (Å²) in [7, 11) is -3.24. The fourth-order valence-corrected chi connectivity index (χ4v) is 5.10. The Bertz CT molecular complexity index is 1650. The molecule has 2 aromatic carbocycles. The van der Waals surface area contributed by atoms with E-state index >= 15 is 4.39 Å². The lowest BCUT2D eigenvalue weighted by molar-refractivity contribution is -0.127. The lowest BCUT2D eigenvalue weighted by atomic mass is 9.99. The molecule has 0 bridgehead atoms. The number of amidine groups is 1. The Kier molecular flexibility index (Phi) is 8.29. The Morgan fingerprint density at radius 1 is 1.13 bits per heavy atom. The topological polar surface area (TPSA) is 128 Å². The number of aromatic nitrogens is 2. The molecule has 206 valence electrons. The number of halogens is 1. The third-order valence-corrected chi connectivity index (χ3v) is 7.40. The quantitative estimate of drug-likeness (QED) is 0.431. The van der Waals surface area contributed by atoms with E-state index in [2.05, 4.69) is 9.98 Å². The molecule has 1 aliphatic rings. The number of benzene rings is 2. The van der Waals surface area contributed by atoms with Crippen LogP contribution < -0.4 is 11.3 Å². The molecular formula is C28H32FN5O4S. The van der Waals surface area contributed by atoms with E-state index in [-0.39, 0.29) is 41.6 Å². The summed E-state index contributed by atoms with van der Waals surface area (Å²) in [5.74, 6) is -0.676. The summed E-state index contributed by atoms with van der Waals surface area (Å²) >= 11 is 0. The molecule has 0 atom stereocenters. The number of rotatable bonds is 9. The van der Waals surface area contributed by atoms with Gasteiger partial charge in [0, 0.05) is 43.4 Å². The molecule has 0 radical (unpaired) electrons. The SMILES string of the molecule is CCCN(CCC)C(=O)C1=Cc2c(F)cc(-c3ccc4c(=O)n(CCS(C)(=O)=O)cnc4c3)cc2N=C(N)C1. The zero-order valence-electron chi connectivity index (χ0n) is 22.3. The van der Waals surface area contributed by atoms with Crippen molar-refractivity contribution < 1.29 is 17.6 Å². The number of sulfone groups is 1. The molecule has 0 saturated carbocycles. The van der Waals surface area contributed by atoms with Crippen molar-refractivity contribution in [1.82, 2.24) is 14.5 Å². The van der Waals surface area contributed by atoms with Crippen molar-refractivity contribution >= 4 is 44.2 Å². The Labute approximate surface area is 226 Å². The van der Waals surface area contributed by atoms with Gasteiger partial charge in [0.15, 0.2) is 0 Å². The van der Waals surface area contributed by atoms with Gasteiger partial charge in [-0.25, -0.2) is 22.8 Å². The lowest BCUT2D eigenvalue weighted by Gasteiger charge is -2.22. The summed E-state index contributed by atoms with van der Waals surface area (Å²) in [6.07, 6.45) is 5.71. The maximum absolute atomic E-state index is 15.5. The first-order chi connectivity index (χ1) is 18.5. The number of carbonyl (C=O) groups is 1. The second kappa shape index (κ2) is 11.5. The molecule has 0 saturated heterocycles. The van der Waals surface area contributed by atoms with Crippen LogP contribution >= 0.6 is 0 Å². The van der Waals surface area contributed by atoms with Crippen LogP contribution in [0, 0.1) is 5.82 Å². The van der Waals surface area contributed by atoms with E-state index in [9.17, 15) is 18.0 Å². The minimum atomic E-state index is -3.24. The molecule has 1 amide bonds. The van der Waals surface area contributed by atoms with Gasteiger partial charge in [-0.2, -0.15) is 0 Å². The summed E-state index contributed by atoms with van der Waals surface area (Å²) in [6, 6.07) is 7.99. The summed E-state index contributed by atoms with van der Waals surface area (Å²) in [6.45, 7) is 5.22. The van der Waals surface area contributed by atoms with Gasteiger partial charge in [0.05, 0.1) is 28.7 Å². The van der Waals surface area contributed by atoms with Crippen LogP contribution in [0.2, 0.25) is 0 Å². The van der Waals surface area contributed by atoms with Crippen LogP contribution in [0.1, 0.15) is 38.7 Å². The van der Waals surface area contributed by atoms with Crippen molar-refractivity contribution in [3.8, 4) is 11.1 Å². The Morgan fingerprint density at radius 2 is 1.85 bits per heavy atom. The summed E-state index contributed by atoms with van der Waals surface area (Å²) in [4.78, 5) is 36.5. The van der Waals surface area contributed by atoms with E-state index in [1.54, 1.807) is 35.2 Å². The van der Waals surface area contributed by atoms with Gasteiger partial charge < -0.3 is 10.6 Å². The van der Waals surface area contributed by atoms with E-state index in [0.717, 1.165) is 19.1 Å². The molecule has 11 heteroatoms. The van der Waals surface area contributed by atoms with Gasteiger partial charge in [0.25, 0.3) is 5.56 Å². The second-order valence-electron chi connectivity index (χ2n) is 9.74. The van der Waals surface area contributed by atoms with Crippen molar-refractivity contribution in [3.05, 3.63) is 64.0 Å². The maximum Gasteiger partial charge on any atom is 0.261 e. The van der Waals surface area contributed by atoms with Gasteiger partial charge in [0.2, 0.25) is 5.91 Å². The smallest absolute Gasteiger partial charge is 0.261 e. The molecule has 2 heterocycles. The van der Waals surface area contributed by atoms with E-state index in [0.29, 0.717) is 46.4 Å². The first kappa shape index (κ1) is 28.2. The molecule has 9 nitrogen and oxygen atoms in total. The predicted molar refractivity (Wildman–Crippen MR) is 152 cm³/mol. The van der Waals surface area contributed by atoms with Crippen molar-refractivity contribution in [3.63, 3.8) is 0 Å². The first-order valence-electron chi connectivity index (χ1n) is 12.8. The van der Waals surface area contributed by atoms with Gasteiger partial charge in [-0.1, -0.05) is 19.9 Å². The van der Waals surface area contributed by atoms with Crippen LogP contribution in [0.5, 0.6) is 0 Å². The monoisotopic (exact) mass is 553 g/mol. The minimum Gasteiger partial charge on any atom is -0.387 e. The molecule has 0 aliphatic carbocycles. The lowest BCUT2D eigenvalue weighted by Crippen LogP contribution is -2.34. The Hall–Kier alpha value is -3.86. The van der Waals surface area contributed by atoms with Gasteiger partial charge in [-0.3, -0.25) is 14.2 Å². The molecular weight excluding hydrogens is 521 g/mol. The number of nitrogens with zero attached hydrogens (tertiary/aromatic N) is 4. The largest absolute Gasteiger partial charge is 0.387 e. The molecule has 0 fully saturated rings. The summed E-state index contributed by atoms with van der Waals surface area (Å²) in [5, 5.41) is 0.321. The van der Waals surface area contributed by atoms with Gasteiger partial charge in [-0.05, 0) is 54.3 Å². The van der Waals surface area contributed by atoms with Gasteiger partial charge in [0.1, 0.15) is 21.5 Å². The average molecular weight is 554 g/mol. The molecule has 3 aromatic rings. The second-order valence-corrected chi connectivity index (χ2v) is 12.0. The van der Waals surface area contributed by atoms with E-state index < -0.39 is 15.7 Å². The zero-order chi connectivity index (χ0) is 28.3. The number of aryl methyl sites for hydroxylation is 1. The number of hydrogen-bond acceptors (Lipinski definition) is 7. The summed E-state index contributed by atoms with van der Waals surface area (Å²) in [5.41, 5.74) is 8.21. The van der Waals surface area contributed by atoms with E-state index in [4.69, 9.17) is 5.73 Å². The molecule has 2 N–H and O–H groups in total. The summed E-state index contributed by atoms with van der Waals surface area (Å²) < 4.78 is 39.7. The third kappa shape index (κ3) is 6.42. The van der Waals surface area contributed by atoms with Crippen LogP contribution in [-0.2, 0) is 21.2 Å². The van der Waals surface area contributed by atoms with Crippen molar-refractivity contribution in [2.45, 2.75) is 39.7 Å². The first-order valence-corrected chi connectivity index (χ1v) is 14.9. The van der Waals surface area contributed by atoms with Crippen molar-refractivity contribution in [1.29, 1.82) is 0 Å². The van der Waals surface area contributed by atoms with Gasteiger partial charge >= 0.3 is 0 Å². The van der Waals surface area contributed by atoms with Crippen molar-refractivity contribution in [2.75, 3.05) is 25.1 Å². The highest BCUT2D eigenvalue weighted by Gasteiger charge is 2.23. The highest BCUT2D eigenvalue weighted by atomic mass is 32.2. The molecule has 1 aliphatic heterocycles. The van der Waals surface area contributed by atoms with Gasteiger partial charge in [-0.15, -0.1) is 0 Å². The standard InChI is InChI=1S/C28H32FN5O4S/c1-4-8-33(9-5-2)27(35)20-12-22-23(29)13-19(15-25(22)32-26(30)16-20)18-6-7-21-24(14-18)31-17-34(28(21)36)10-11-39(3,37)38/h6-7,12-15,17H,4-5,8-11,16H2,1-3H3,(H2,30,32). The van der Waals surface area contributed by atoms with Crippen LogP contribution in [0.4, 0.5) is 10.1 Å². The highest BCUT2D eigenvalue weighted by Crippen LogP contribution is 2.35. The number of fused-ring (bicyclic) bond motifs is 2. The average Bonchev–Trinajstić information content (AvgIpc) is 3.05. The van der Waals surface area contributed by atoms with Crippen molar-refractivity contribution in [2.24, 2.45) is 10.7 Å². The number of carbonyl (C=O) groups excluding carboxylic acids is 1. The molecule has 0 unspecified atom stereocenters. The Morgan fingerprint density at radius 3 is 2.51 bits per heavy atom. The van der Waals surface area contributed by atoms with Crippen LogP contribution in [0.25, 0.3) is 28.1 Å². The molecule has 4 rings (SSSR count). The third-order valence-electron chi connectivity index (χ3n) is 6.47. The minimum absolute atomic E-state index is 0.00444. The van der Waals surface area contributed by atoms with E-state index in [1.807, 2.05) is 13.8 Å². The molecule has 0 spiro atoms. The van der Waals surface area contributed by atoms with Crippen LogP contribution in [-0.4, -0.2) is 59.7 Å². The normalized spacial score (nSPS) is 13.4. The van der Waals surface area contributed by atoms with E-state index in [1.165, 1.54) is 17.0 Å². The number of nitrogens with two attached hydrogens (primary N) is 1.